The Morgan fingerprint density at radius 1 is 1.28 bits per heavy atom. The normalized spacial score (nSPS) is 15.2. The van der Waals surface area contributed by atoms with Crippen LogP contribution in [0.15, 0.2) is 18.2 Å². The summed E-state index contributed by atoms with van der Waals surface area (Å²) < 4.78 is 0. The van der Waals surface area contributed by atoms with E-state index in [0.717, 1.165) is 32.7 Å². The number of nitrogens with one attached hydrogen (secondary N) is 3. The molecule has 0 saturated carbocycles. The summed E-state index contributed by atoms with van der Waals surface area (Å²) in [5, 5.41) is 9.39. The van der Waals surface area contributed by atoms with Gasteiger partial charge in [-0.3, -0.25) is 14.5 Å². The van der Waals surface area contributed by atoms with E-state index in [1.165, 1.54) is 0 Å². The van der Waals surface area contributed by atoms with Crippen LogP contribution in [0.5, 0.6) is 0 Å². The van der Waals surface area contributed by atoms with Crippen LogP contribution in [0.25, 0.3) is 0 Å². The van der Waals surface area contributed by atoms with E-state index in [1.54, 1.807) is 18.2 Å². The summed E-state index contributed by atoms with van der Waals surface area (Å²) >= 11 is 6.15. The van der Waals surface area contributed by atoms with Gasteiger partial charge in [0.2, 0.25) is 5.91 Å². The van der Waals surface area contributed by atoms with Gasteiger partial charge in [-0.1, -0.05) is 25.4 Å². The van der Waals surface area contributed by atoms with Crippen molar-refractivity contribution in [2.24, 2.45) is 5.92 Å². The van der Waals surface area contributed by atoms with Gasteiger partial charge >= 0.3 is 0 Å². The Morgan fingerprint density at radius 2 is 2.00 bits per heavy atom. The van der Waals surface area contributed by atoms with Gasteiger partial charge in [0.25, 0.3) is 5.91 Å². The van der Waals surface area contributed by atoms with E-state index < -0.39 is 0 Å². The van der Waals surface area contributed by atoms with Crippen LogP contribution in [0, 0.1) is 5.92 Å². The van der Waals surface area contributed by atoms with Crippen LogP contribution in [0.1, 0.15) is 30.6 Å². The molecule has 1 fully saturated rings. The molecule has 0 radical (unpaired) electrons. The lowest BCUT2D eigenvalue weighted by Gasteiger charge is -2.27. The first-order chi connectivity index (χ1) is 12.0. The number of nitrogens with zero attached hydrogens (tertiary/aromatic N) is 1. The monoisotopic (exact) mass is 366 g/mol. The van der Waals surface area contributed by atoms with Crippen molar-refractivity contribution in [2.45, 2.75) is 20.3 Å². The number of amides is 2. The number of hydrogen-bond acceptors (Lipinski definition) is 4. The molecule has 1 heterocycles. The molecule has 0 spiro atoms. The predicted molar refractivity (Wildman–Crippen MR) is 101 cm³/mol. The van der Waals surface area contributed by atoms with Gasteiger partial charge in [-0.05, 0) is 24.1 Å². The molecular weight excluding hydrogens is 340 g/mol. The van der Waals surface area contributed by atoms with E-state index >= 15 is 0 Å². The number of hydrogen-bond donors (Lipinski definition) is 3. The maximum absolute atomic E-state index is 12.4. The SMILES string of the molecule is CC(C)CC(=O)Nc1ccc(Cl)c(C(=O)NCCN2CCNCC2)c1. The molecule has 1 aromatic carbocycles. The van der Waals surface area contributed by atoms with Crippen LogP contribution in [-0.4, -0.2) is 56.0 Å². The third-order valence-corrected chi connectivity index (χ3v) is 4.34. The molecule has 0 bridgehead atoms. The Morgan fingerprint density at radius 3 is 2.68 bits per heavy atom. The molecule has 6 nitrogen and oxygen atoms in total. The minimum atomic E-state index is -0.222. The summed E-state index contributed by atoms with van der Waals surface area (Å²) in [5.41, 5.74) is 0.964. The standard InChI is InChI=1S/C18H27ClN4O2/c1-13(2)11-17(24)22-14-3-4-16(19)15(12-14)18(25)21-7-10-23-8-5-20-6-9-23/h3-4,12-13,20H,5-11H2,1-2H3,(H,21,25)(H,22,24). The molecule has 0 aliphatic carbocycles. The lowest BCUT2D eigenvalue weighted by atomic mass is 10.1. The van der Waals surface area contributed by atoms with Crippen molar-refractivity contribution in [2.75, 3.05) is 44.6 Å². The zero-order chi connectivity index (χ0) is 18.2. The average Bonchev–Trinajstić information content (AvgIpc) is 2.56. The first-order valence-corrected chi connectivity index (χ1v) is 9.14. The zero-order valence-electron chi connectivity index (χ0n) is 14.9. The second kappa shape index (κ2) is 9.75. The first-order valence-electron chi connectivity index (χ1n) is 8.76. The summed E-state index contributed by atoms with van der Waals surface area (Å²) in [7, 11) is 0. The summed E-state index contributed by atoms with van der Waals surface area (Å²) in [4.78, 5) is 26.6. The Labute approximate surface area is 154 Å². The van der Waals surface area contributed by atoms with Crippen molar-refractivity contribution in [3.63, 3.8) is 0 Å². The number of anilines is 1. The van der Waals surface area contributed by atoms with Crippen LogP contribution in [0.3, 0.4) is 0 Å². The number of piperazine rings is 1. The fourth-order valence-corrected chi connectivity index (χ4v) is 2.92. The Balaban J connectivity index is 1.89. The average molecular weight is 367 g/mol. The van der Waals surface area contributed by atoms with Gasteiger partial charge in [0, 0.05) is 51.4 Å². The lowest BCUT2D eigenvalue weighted by molar-refractivity contribution is -0.116. The molecule has 0 atom stereocenters. The van der Waals surface area contributed by atoms with Gasteiger partial charge in [-0.15, -0.1) is 0 Å². The van der Waals surface area contributed by atoms with E-state index in [9.17, 15) is 9.59 Å². The fourth-order valence-electron chi connectivity index (χ4n) is 2.72. The van der Waals surface area contributed by atoms with Crippen LogP contribution < -0.4 is 16.0 Å². The Hall–Kier alpha value is -1.63. The minimum absolute atomic E-state index is 0.0672. The predicted octanol–water partition coefficient (Wildman–Crippen LogP) is 1.96. The van der Waals surface area contributed by atoms with Gasteiger partial charge in [-0.2, -0.15) is 0 Å². The Kier molecular flexibility index (Phi) is 7.68. The highest BCUT2D eigenvalue weighted by Gasteiger charge is 2.14. The van der Waals surface area contributed by atoms with Crippen molar-refractivity contribution in [3.8, 4) is 0 Å². The molecular formula is C18H27ClN4O2. The molecule has 1 aliphatic heterocycles. The number of carbonyl (C=O) groups is 2. The second-order valence-corrected chi connectivity index (χ2v) is 7.10. The highest BCUT2D eigenvalue weighted by Crippen LogP contribution is 2.21. The quantitative estimate of drug-likeness (QED) is 0.689. The second-order valence-electron chi connectivity index (χ2n) is 6.69. The van der Waals surface area contributed by atoms with Gasteiger partial charge in [0.15, 0.2) is 0 Å². The maximum Gasteiger partial charge on any atom is 0.252 e. The molecule has 3 N–H and O–H groups in total. The van der Waals surface area contributed by atoms with E-state index in [0.29, 0.717) is 29.2 Å². The van der Waals surface area contributed by atoms with Gasteiger partial charge in [-0.25, -0.2) is 0 Å². The largest absolute Gasteiger partial charge is 0.351 e. The van der Waals surface area contributed by atoms with Crippen LogP contribution in [0.2, 0.25) is 5.02 Å². The lowest BCUT2D eigenvalue weighted by Crippen LogP contribution is -2.46. The Bertz CT molecular complexity index is 601. The molecule has 138 valence electrons. The summed E-state index contributed by atoms with van der Waals surface area (Å²) in [5.74, 6) is -0.0115. The maximum atomic E-state index is 12.4. The van der Waals surface area contributed by atoms with Crippen molar-refractivity contribution in [1.29, 1.82) is 0 Å². The molecule has 1 aromatic rings. The van der Waals surface area contributed by atoms with E-state index in [1.807, 2.05) is 13.8 Å². The molecule has 2 rings (SSSR count). The van der Waals surface area contributed by atoms with E-state index in [4.69, 9.17) is 11.6 Å². The summed E-state index contributed by atoms with van der Waals surface area (Å²) in [6.07, 6.45) is 0.439. The molecule has 2 amide bonds. The molecule has 25 heavy (non-hydrogen) atoms. The number of halogens is 1. The van der Waals surface area contributed by atoms with Gasteiger partial charge in [0.05, 0.1) is 10.6 Å². The molecule has 1 aliphatic rings. The topological polar surface area (TPSA) is 73.5 Å². The fraction of sp³-hybridized carbons (Fsp3) is 0.556. The van der Waals surface area contributed by atoms with Crippen molar-refractivity contribution in [3.05, 3.63) is 28.8 Å². The first kappa shape index (κ1) is 19.7. The van der Waals surface area contributed by atoms with E-state index in [2.05, 4.69) is 20.9 Å². The highest BCUT2D eigenvalue weighted by molar-refractivity contribution is 6.34. The molecule has 0 aromatic heterocycles. The summed E-state index contributed by atoms with van der Waals surface area (Å²) in [6, 6.07) is 4.97. The molecule has 0 unspecified atom stereocenters. The smallest absolute Gasteiger partial charge is 0.252 e. The third-order valence-electron chi connectivity index (χ3n) is 4.01. The number of benzene rings is 1. The van der Waals surface area contributed by atoms with Gasteiger partial charge in [0.1, 0.15) is 0 Å². The third kappa shape index (κ3) is 6.65. The summed E-state index contributed by atoms with van der Waals surface area (Å²) in [6.45, 7) is 9.31. The van der Waals surface area contributed by atoms with Crippen molar-refractivity contribution in [1.82, 2.24) is 15.5 Å². The van der Waals surface area contributed by atoms with Crippen LogP contribution in [-0.2, 0) is 4.79 Å². The van der Waals surface area contributed by atoms with Crippen molar-refractivity contribution >= 4 is 29.1 Å². The molecule has 7 heteroatoms. The van der Waals surface area contributed by atoms with E-state index in [-0.39, 0.29) is 17.7 Å². The minimum Gasteiger partial charge on any atom is -0.351 e. The van der Waals surface area contributed by atoms with Crippen LogP contribution >= 0.6 is 11.6 Å². The number of carbonyl (C=O) groups excluding carboxylic acids is 2. The molecule has 1 saturated heterocycles. The van der Waals surface area contributed by atoms with Crippen molar-refractivity contribution < 1.29 is 9.59 Å². The number of rotatable bonds is 7. The van der Waals surface area contributed by atoms with Gasteiger partial charge < -0.3 is 16.0 Å². The highest BCUT2D eigenvalue weighted by atomic mass is 35.5. The zero-order valence-corrected chi connectivity index (χ0v) is 15.7. The van der Waals surface area contributed by atoms with Crippen LogP contribution in [0.4, 0.5) is 5.69 Å².